The fourth-order valence-corrected chi connectivity index (χ4v) is 4.44. The van der Waals surface area contributed by atoms with Gasteiger partial charge in [-0.15, -0.1) is 0 Å². The summed E-state index contributed by atoms with van der Waals surface area (Å²) in [7, 11) is -3.74. The zero-order valence-corrected chi connectivity index (χ0v) is 17.2. The number of halogens is 1. The van der Waals surface area contributed by atoms with Crippen molar-refractivity contribution >= 4 is 21.6 Å². The summed E-state index contributed by atoms with van der Waals surface area (Å²) in [6.07, 6.45) is 0.322. The molecule has 0 radical (unpaired) electrons. The molecule has 2 N–H and O–H groups in total. The standard InChI is InChI=1S/C20H22FN3O5S/c1-2-18(17-13-15(21)6-7-19(17)25)22-23-20(26)14-4-3-5-16(12-14)30(27,28)24-8-10-29-11-9-24/h3-7,12-13,25H,2,8-11H2,1H3,(H,23,26). The molecule has 8 nitrogen and oxygen atoms in total. The zero-order valence-electron chi connectivity index (χ0n) is 16.3. The van der Waals surface area contributed by atoms with Gasteiger partial charge >= 0.3 is 0 Å². The Labute approximate surface area is 174 Å². The van der Waals surface area contributed by atoms with E-state index in [2.05, 4.69) is 10.5 Å². The van der Waals surface area contributed by atoms with Crippen LogP contribution in [-0.4, -0.2) is 55.8 Å². The lowest BCUT2D eigenvalue weighted by molar-refractivity contribution is 0.0730. The van der Waals surface area contributed by atoms with Crippen molar-refractivity contribution in [2.45, 2.75) is 18.2 Å². The first-order valence-corrected chi connectivity index (χ1v) is 10.8. The third-order valence-corrected chi connectivity index (χ3v) is 6.50. The average molecular weight is 435 g/mol. The quantitative estimate of drug-likeness (QED) is 0.534. The molecular weight excluding hydrogens is 413 g/mol. The van der Waals surface area contributed by atoms with E-state index in [9.17, 15) is 22.7 Å². The van der Waals surface area contributed by atoms with Gasteiger partial charge in [0.05, 0.1) is 23.8 Å². The number of phenolic OH excluding ortho intramolecular Hbond substituents is 1. The van der Waals surface area contributed by atoms with Crippen LogP contribution in [0.5, 0.6) is 5.75 Å². The number of hydrazone groups is 1. The molecule has 2 aromatic rings. The number of sulfonamides is 1. The van der Waals surface area contributed by atoms with E-state index in [1.165, 1.54) is 34.6 Å². The number of carbonyl (C=O) groups is 1. The maximum absolute atomic E-state index is 13.5. The molecule has 160 valence electrons. The third kappa shape index (κ3) is 4.84. The summed E-state index contributed by atoms with van der Waals surface area (Å²) in [5.74, 6) is -1.34. The number of nitrogens with zero attached hydrogens (tertiary/aromatic N) is 2. The predicted molar refractivity (Wildman–Crippen MR) is 108 cm³/mol. The lowest BCUT2D eigenvalue weighted by atomic mass is 10.1. The van der Waals surface area contributed by atoms with Crippen LogP contribution in [0.3, 0.4) is 0 Å². The Morgan fingerprint density at radius 3 is 2.67 bits per heavy atom. The molecule has 1 aliphatic rings. The minimum atomic E-state index is -3.74. The molecule has 0 unspecified atom stereocenters. The number of amides is 1. The Kier molecular flexibility index (Phi) is 6.80. The van der Waals surface area contributed by atoms with E-state index in [1.807, 2.05) is 0 Å². The van der Waals surface area contributed by atoms with E-state index in [4.69, 9.17) is 4.74 Å². The average Bonchev–Trinajstić information content (AvgIpc) is 2.77. The van der Waals surface area contributed by atoms with Crippen LogP contribution in [-0.2, 0) is 14.8 Å². The highest BCUT2D eigenvalue weighted by atomic mass is 32.2. The summed E-state index contributed by atoms with van der Waals surface area (Å²) >= 11 is 0. The number of benzene rings is 2. The fraction of sp³-hybridized carbons (Fsp3) is 0.300. The van der Waals surface area contributed by atoms with Crippen LogP contribution in [0.25, 0.3) is 0 Å². The molecule has 0 atom stereocenters. The Morgan fingerprint density at radius 2 is 1.97 bits per heavy atom. The number of ether oxygens (including phenoxy) is 1. The second-order valence-corrected chi connectivity index (χ2v) is 8.50. The molecule has 2 aromatic carbocycles. The molecule has 0 saturated carbocycles. The SMILES string of the molecule is CCC(=NNC(=O)c1cccc(S(=O)(=O)N2CCOCC2)c1)c1cc(F)ccc1O. The van der Waals surface area contributed by atoms with Gasteiger partial charge in [0, 0.05) is 24.2 Å². The second kappa shape index (κ2) is 9.33. The van der Waals surface area contributed by atoms with Crippen LogP contribution in [0.2, 0.25) is 0 Å². The normalized spacial score (nSPS) is 15.7. The van der Waals surface area contributed by atoms with Gasteiger partial charge in [0.2, 0.25) is 10.0 Å². The van der Waals surface area contributed by atoms with Crippen LogP contribution < -0.4 is 5.43 Å². The van der Waals surface area contributed by atoms with Crippen LogP contribution in [0.4, 0.5) is 4.39 Å². The first kappa shape index (κ1) is 21.9. The molecule has 0 aromatic heterocycles. The predicted octanol–water partition coefficient (Wildman–Crippen LogP) is 2.10. The van der Waals surface area contributed by atoms with E-state index < -0.39 is 21.7 Å². The van der Waals surface area contributed by atoms with Crippen molar-refractivity contribution in [3.63, 3.8) is 0 Å². The van der Waals surface area contributed by atoms with Crippen LogP contribution in [0.1, 0.15) is 29.3 Å². The molecule has 3 rings (SSSR count). The Hall–Kier alpha value is -2.82. The summed E-state index contributed by atoms with van der Waals surface area (Å²) in [5.41, 5.74) is 2.89. The molecule has 0 bridgehead atoms. The van der Waals surface area contributed by atoms with E-state index >= 15 is 0 Å². The first-order chi connectivity index (χ1) is 14.3. The maximum Gasteiger partial charge on any atom is 0.271 e. The summed E-state index contributed by atoms with van der Waals surface area (Å²) < 4.78 is 45.5. The number of rotatable bonds is 6. The van der Waals surface area contributed by atoms with E-state index in [1.54, 1.807) is 6.92 Å². The number of hydrogen-bond acceptors (Lipinski definition) is 6. The van der Waals surface area contributed by atoms with Gasteiger partial charge in [0.25, 0.3) is 5.91 Å². The van der Waals surface area contributed by atoms with E-state index in [-0.39, 0.29) is 40.6 Å². The third-order valence-electron chi connectivity index (χ3n) is 4.60. The molecule has 1 amide bonds. The van der Waals surface area contributed by atoms with Crippen molar-refractivity contribution in [1.82, 2.24) is 9.73 Å². The van der Waals surface area contributed by atoms with Crippen molar-refractivity contribution in [1.29, 1.82) is 0 Å². The van der Waals surface area contributed by atoms with Gasteiger partial charge in [-0.3, -0.25) is 4.79 Å². The van der Waals surface area contributed by atoms with Gasteiger partial charge in [0.1, 0.15) is 11.6 Å². The van der Waals surface area contributed by atoms with Crippen LogP contribution in [0, 0.1) is 5.82 Å². The van der Waals surface area contributed by atoms with E-state index in [0.29, 0.717) is 19.6 Å². The lowest BCUT2D eigenvalue weighted by Gasteiger charge is -2.26. The van der Waals surface area contributed by atoms with Gasteiger partial charge in [-0.2, -0.15) is 9.41 Å². The van der Waals surface area contributed by atoms with Gasteiger partial charge in [-0.05, 0) is 42.8 Å². The number of nitrogens with one attached hydrogen (secondary N) is 1. The van der Waals surface area contributed by atoms with Gasteiger partial charge in [-0.25, -0.2) is 18.2 Å². The van der Waals surface area contributed by atoms with Crippen molar-refractivity contribution in [2.24, 2.45) is 5.10 Å². The number of hydrogen-bond donors (Lipinski definition) is 2. The molecule has 10 heteroatoms. The Bertz CT molecular complexity index is 1070. The number of morpholine rings is 1. The molecule has 0 aliphatic carbocycles. The monoisotopic (exact) mass is 435 g/mol. The first-order valence-electron chi connectivity index (χ1n) is 9.36. The minimum absolute atomic E-state index is 0.000445. The summed E-state index contributed by atoms with van der Waals surface area (Å²) in [4.78, 5) is 12.5. The molecule has 0 spiro atoms. The summed E-state index contributed by atoms with van der Waals surface area (Å²) in [6.45, 7) is 2.88. The molecular formula is C20H22FN3O5S. The summed E-state index contributed by atoms with van der Waals surface area (Å²) in [5, 5.41) is 13.9. The van der Waals surface area contributed by atoms with Gasteiger partial charge in [0.15, 0.2) is 0 Å². The topological polar surface area (TPSA) is 108 Å². The highest BCUT2D eigenvalue weighted by molar-refractivity contribution is 7.89. The number of phenols is 1. The Morgan fingerprint density at radius 1 is 1.23 bits per heavy atom. The van der Waals surface area contributed by atoms with Crippen LogP contribution in [0.15, 0.2) is 52.5 Å². The van der Waals surface area contributed by atoms with Crippen molar-refractivity contribution in [3.8, 4) is 5.75 Å². The lowest BCUT2D eigenvalue weighted by Crippen LogP contribution is -2.40. The second-order valence-electron chi connectivity index (χ2n) is 6.56. The van der Waals surface area contributed by atoms with Crippen molar-refractivity contribution < 1.29 is 27.4 Å². The van der Waals surface area contributed by atoms with Crippen molar-refractivity contribution in [3.05, 3.63) is 59.4 Å². The Balaban J connectivity index is 1.81. The van der Waals surface area contributed by atoms with E-state index in [0.717, 1.165) is 12.1 Å². The molecule has 1 fully saturated rings. The number of carbonyl (C=O) groups excluding carboxylic acids is 1. The molecule has 1 aliphatic heterocycles. The van der Waals surface area contributed by atoms with Crippen LogP contribution >= 0.6 is 0 Å². The molecule has 1 heterocycles. The van der Waals surface area contributed by atoms with Crippen molar-refractivity contribution in [2.75, 3.05) is 26.3 Å². The largest absolute Gasteiger partial charge is 0.507 e. The highest BCUT2D eigenvalue weighted by Crippen LogP contribution is 2.21. The number of aromatic hydroxyl groups is 1. The zero-order chi connectivity index (χ0) is 21.7. The minimum Gasteiger partial charge on any atom is -0.507 e. The van der Waals surface area contributed by atoms with Gasteiger partial charge in [-0.1, -0.05) is 13.0 Å². The fourth-order valence-electron chi connectivity index (χ4n) is 2.99. The molecule has 1 saturated heterocycles. The van der Waals surface area contributed by atoms with Gasteiger partial charge < -0.3 is 9.84 Å². The highest BCUT2D eigenvalue weighted by Gasteiger charge is 2.26. The molecule has 30 heavy (non-hydrogen) atoms. The summed E-state index contributed by atoms with van der Waals surface area (Å²) in [6, 6.07) is 9.09. The smallest absolute Gasteiger partial charge is 0.271 e. The maximum atomic E-state index is 13.5.